The van der Waals surface area contributed by atoms with E-state index in [2.05, 4.69) is 12.1 Å². The molecule has 0 bridgehead atoms. The molecule has 0 aromatic heterocycles. The number of hydrogen-bond donors (Lipinski definition) is 1. The minimum absolute atomic E-state index is 0.289. The first kappa shape index (κ1) is 6.06. The molecule has 0 saturated heterocycles. The van der Waals surface area contributed by atoms with Gasteiger partial charge in [0, 0.05) is 0 Å². The highest BCUT2D eigenvalue weighted by atomic mass is 16.3. The molecule has 2 aromatic rings. The molecular formula is C10H6O. The van der Waals surface area contributed by atoms with Crippen molar-refractivity contribution in [2.45, 2.75) is 0 Å². The molecule has 1 N–H and O–H groups in total. The number of aromatic hydroxyl groups is 1. The fourth-order valence-electron chi connectivity index (χ4n) is 1.06. The fourth-order valence-corrected chi connectivity index (χ4v) is 1.06. The van der Waals surface area contributed by atoms with Gasteiger partial charge in [-0.25, -0.2) is 0 Å². The minimum Gasteiger partial charge on any atom is -0.508 e. The number of hydrogen-bond acceptors (Lipinski definition) is 1. The van der Waals surface area contributed by atoms with E-state index in [4.69, 9.17) is 5.11 Å². The van der Waals surface area contributed by atoms with Crippen molar-refractivity contribution in [2.24, 2.45) is 0 Å². The number of phenols is 1. The van der Waals surface area contributed by atoms with Crippen molar-refractivity contribution >= 4 is 10.8 Å². The highest BCUT2D eigenvalue weighted by Gasteiger charge is 1.90. The predicted molar refractivity (Wildman–Crippen MR) is 43.3 cm³/mol. The molecule has 1 nitrogen and oxygen atoms in total. The van der Waals surface area contributed by atoms with E-state index >= 15 is 0 Å². The van der Waals surface area contributed by atoms with E-state index in [0.717, 1.165) is 10.8 Å². The molecule has 2 aromatic carbocycles. The number of phenolic OH excluding ortho intramolecular Hbond substituents is 1. The van der Waals surface area contributed by atoms with Gasteiger partial charge in [-0.2, -0.15) is 0 Å². The second-order valence-electron chi connectivity index (χ2n) is 2.39. The van der Waals surface area contributed by atoms with Crippen LogP contribution in [0.1, 0.15) is 0 Å². The van der Waals surface area contributed by atoms with E-state index in [9.17, 15) is 0 Å². The second-order valence-corrected chi connectivity index (χ2v) is 2.39. The van der Waals surface area contributed by atoms with Crippen LogP contribution in [-0.4, -0.2) is 5.11 Å². The molecule has 0 unspecified atom stereocenters. The smallest absolute Gasteiger partial charge is 0.116 e. The third kappa shape index (κ3) is 0.990. The van der Waals surface area contributed by atoms with E-state index in [1.165, 1.54) is 0 Å². The Balaban J connectivity index is 2.83. The first-order valence-electron chi connectivity index (χ1n) is 3.37. The molecular weight excluding hydrogens is 136 g/mol. The average molecular weight is 142 g/mol. The first-order valence-corrected chi connectivity index (χ1v) is 3.37. The monoisotopic (exact) mass is 142 g/mol. The van der Waals surface area contributed by atoms with Crippen LogP contribution in [0, 0.1) is 12.1 Å². The third-order valence-corrected chi connectivity index (χ3v) is 1.61. The summed E-state index contributed by atoms with van der Waals surface area (Å²) in [5.74, 6) is 0.289. The van der Waals surface area contributed by atoms with Gasteiger partial charge in [-0.3, -0.25) is 0 Å². The standard InChI is InChI=1S/C10H6O/c11-10-6-5-8-3-1-2-4-9(8)7-10/h3-7,11H. The van der Waals surface area contributed by atoms with Gasteiger partial charge in [0.2, 0.25) is 0 Å². The Labute approximate surface area is 64.9 Å². The van der Waals surface area contributed by atoms with Gasteiger partial charge in [-0.1, -0.05) is 18.2 Å². The van der Waals surface area contributed by atoms with Crippen molar-refractivity contribution in [3.63, 3.8) is 0 Å². The molecule has 0 aliphatic heterocycles. The van der Waals surface area contributed by atoms with Gasteiger partial charge in [0.25, 0.3) is 0 Å². The molecule has 0 amide bonds. The van der Waals surface area contributed by atoms with Crippen molar-refractivity contribution < 1.29 is 5.11 Å². The van der Waals surface area contributed by atoms with Gasteiger partial charge in [-0.15, -0.1) is 0 Å². The second kappa shape index (κ2) is 2.17. The summed E-state index contributed by atoms with van der Waals surface area (Å²) in [5.41, 5.74) is 0. The quantitative estimate of drug-likeness (QED) is 0.597. The lowest BCUT2D eigenvalue weighted by molar-refractivity contribution is 0.476. The number of fused-ring (bicyclic) bond motifs is 1. The summed E-state index contributed by atoms with van der Waals surface area (Å²) in [4.78, 5) is 0. The summed E-state index contributed by atoms with van der Waals surface area (Å²) in [6.07, 6.45) is 0. The molecule has 11 heavy (non-hydrogen) atoms. The first-order chi connectivity index (χ1) is 5.36. The average Bonchev–Trinajstić information content (AvgIpc) is 2.04. The molecule has 2 rings (SSSR count). The van der Waals surface area contributed by atoms with Gasteiger partial charge >= 0.3 is 0 Å². The highest BCUT2D eigenvalue weighted by Crippen LogP contribution is 2.17. The summed E-state index contributed by atoms with van der Waals surface area (Å²) in [6, 6.07) is 14.5. The molecule has 0 aliphatic carbocycles. The molecule has 1 heteroatoms. The normalized spacial score (nSPS) is 9.45. The minimum atomic E-state index is 0.289. The van der Waals surface area contributed by atoms with Crippen LogP contribution in [0.2, 0.25) is 0 Å². The largest absolute Gasteiger partial charge is 0.508 e. The number of rotatable bonds is 0. The van der Waals surface area contributed by atoms with Crippen LogP contribution in [0.15, 0.2) is 30.3 Å². The van der Waals surface area contributed by atoms with Crippen LogP contribution >= 0.6 is 0 Å². The zero-order valence-corrected chi connectivity index (χ0v) is 5.83. The van der Waals surface area contributed by atoms with E-state index in [1.807, 2.05) is 12.1 Å². The van der Waals surface area contributed by atoms with E-state index < -0.39 is 0 Å². The van der Waals surface area contributed by atoms with Crippen molar-refractivity contribution in [3.8, 4) is 5.75 Å². The molecule has 0 atom stereocenters. The molecule has 0 heterocycles. The maximum atomic E-state index is 9.11. The Morgan fingerprint density at radius 3 is 2.55 bits per heavy atom. The molecule has 0 fully saturated rings. The molecule has 0 saturated carbocycles. The topological polar surface area (TPSA) is 20.2 Å². The Hall–Kier alpha value is -1.68. The van der Waals surface area contributed by atoms with E-state index in [1.54, 1.807) is 18.2 Å². The van der Waals surface area contributed by atoms with Gasteiger partial charge in [0.05, 0.1) is 0 Å². The fraction of sp³-hybridized carbons (Fsp3) is 0. The van der Waals surface area contributed by atoms with Crippen LogP contribution in [-0.2, 0) is 0 Å². The van der Waals surface area contributed by atoms with Gasteiger partial charge < -0.3 is 5.11 Å². The number of benzene rings is 1. The van der Waals surface area contributed by atoms with Crippen molar-refractivity contribution in [1.82, 2.24) is 0 Å². The van der Waals surface area contributed by atoms with Gasteiger partial charge in [-0.05, 0) is 35.0 Å². The van der Waals surface area contributed by atoms with E-state index in [0.29, 0.717) is 0 Å². The highest BCUT2D eigenvalue weighted by molar-refractivity contribution is 5.82. The molecule has 52 valence electrons. The van der Waals surface area contributed by atoms with Crippen LogP contribution in [0.3, 0.4) is 0 Å². The molecule has 0 spiro atoms. The maximum absolute atomic E-state index is 9.11. The van der Waals surface area contributed by atoms with Crippen molar-refractivity contribution in [1.29, 1.82) is 0 Å². The van der Waals surface area contributed by atoms with Gasteiger partial charge in [0.15, 0.2) is 0 Å². The summed E-state index contributed by atoms with van der Waals surface area (Å²) < 4.78 is 0. The zero-order chi connectivity index (χ0) is 7.68. The Morgan fingerprint density at radius 1 is 1.00 bits per heavy atom. The molecule has 0 aliphatic rings. The Kier molecular flexibility index (Phi) is 1.20. The van der Waals surface area contributed by atoms with Crippen LogP contribution < -0.4 is 0 Å². The lowest BCUT2D eigenvalue weighted by Gasteiger charge is -1.93. The van der Waals surface area contributed by atoms with E-state index in [-0.39, 0.29) is 5.75 Å². The van der Waals surface area contributed by atoms with Crippen LogP contribution in [0.25, 0.3) is 10.8 Å². The third-order valence-electron chi connectivity index (χ3n) is 1.61. The van der Waals surface area contributed by atoms with Crippen molar-refractivity contribution in [2.75, 3.05) is 0 Å². The zero-order valence-electron chi connectivity index (χ0n) is 5.83. The SMILES string of the molecule is Oc1ccc2cc#ccc2c1. The van der Waals surface area contributed by atoms with Crippen molar-refractivity contribution in [3.05, 3.63) is 42.5 Å². The van der Waals surface area contributed by atoms with Gasteiger partial charge in [0.1, 0.15) is 5.75 Å². The van der Waals surface area contributed by atoms with Crippen LogP contribution in [0.5, 0.6) is 5.75 Å². The Morgan fingerprint density at radius 2 is 1.73 bits per heavy atom. The summed E-state index contributed by atoms with van der Waals surface area (Å²) in [7, 11) is 0. The summed E-state index contributed by atoms with van der Waals surface area (Å²) in [6.45, 7) is 0. The molecule has 0 radical (unpaired) electrons. The lowest BCUT2D eigenvalue weighted by atomic mass is 10.1. The summed E-state index contributed by atoms with van der Waals surface area (Å²) >= 11 is 0. The maximum Gasteiger partial charge on any atom is 0.116 e. The lowest BCUT2D eigenvalue weighted by Crippen LogP contribution is -1.68. The summed E-state index contributed by atoms with van der Waals surface area (Å²) in [5, 5.41) is 11.2. The van der Waals surface area contributed by atoms with Crippen LogP contribution in [0.4, 0.5) is 0 Å². The Bertz CT molecular complexity index is 379. The predicted octanol–water partition coefficient (Wildman–Crippen LogP) is 2.15.